The Morgan fingerprint density at radius 3 is 1.45 bits per heavy atom. The van der Waals surface area contributed by atoms with E-state index in [9.17, 15) is 28.8 Å². The SMILES string of the molecule is C=CC(=O)OCOc1ccc(CC(=O)/C=C/c2ccc(C(=O)O[C@@H]3CO[C@H]4[C@@H]3OC[C@@H]4OC(=O)c3ccc(/C=C/C(=O)Oc4ccc(OCOC(=O)C=C)cc4)cc3)cc2)cc1. The first-order valence-corrected chi connectivity index (χ1v) is 19.1. The molecule has 2 saturated heterocycles. The molecule has 0 aliphatic carbocycles. The van der Waals surface area contributed by atoms with Gasteiger partial charge in [-0.2, -0.15) is 0 Å². The molecule has 2 aliphatic heterocycles. The van der Waals surface area contributed by atoms with E-state index in [1.807, 2.05) is 0 Å². The molecule has 62 heavy (non-hydrogen) atoms. The maximum atomic E-state index is 13.0. The number of carbonyl (C=O) groups is 6. The lowest BCUT2D eigenvalue weighted by molar-refractivity contribution is -0.145. The fourth-order valence-electron chi connectivity index (χ4n) is 6.00. The second kappa shape index (κ2) is 21.6. The third kappa shape index (κ3) is 12.7. The summed E-state index contributed by atoms with van der Waals surface area (Å²) in [4.78, 5) is 73.1. The lowest BCUT2D eigenvalue weighted by Crippen LogP contribution is -2.36. The molecule has 6 rings (SSSR count). The number of hydrogen-bond donors (Lipinski definition) is 0. The van der Waals surface area contributed by atoms with Crippen LogP contribution in [-0.2, 0) is 54.0 Å². The van der Waals surface area contributed by atoms with E-state index in [1.165, 1.54) is 30.4 Å². The van der Waals surface area contributed by atoms with Crippen LogP contribution in [0.1, 0.15) is 37.4 Å². The summed E-state index contributed by atoms with van der Waals surface area (Å²) >= 11 is 0. The molecule has 4 aromatic rings. The number of rotatable bonds is 19. The maximum absolute atomic E-state index is 13.0. The first kappa shape index (κ1) is 43.9. The van der Waals surface area contributed by atoms with Crippen LogP contribution in [0.15, 0.2) is 135 Å². The predicted octanol–water partition coefficient (Wildman–Crippen LogP) is 5.81. The van der Waals surface area contributed by atoms with Gasteiger partial charge in [0.25, 0.3) is 0 Å². The van der Waals surface area contributed by atoms with E-state index >= 15 is 0 Å². The molecule has 2 fully saturated rings. The predicted molar refractivity (Wildman–Crippen MR) is 220 cm³/mol. The zero-order chi connectivity index (χ0) is 43.8. The summed E-state index contributed by atoms with van der Waals surface area (Å²) in [5.41, 5.74) is 2.65. The van der Waals surface area contributed by atoms with Gasteiger partial charge >= 0.3 is 29.8 Å². The van der Waals surface area contributed by atoms with Crippen molar-refractivity contribution in [3.05, 3.63) is 162 Å². The number of ether oxygens (including phenoxy) is 9. The lowest BCUT2D eigenvalue weighted by Gasteiger charge is -2.17. The van der Waals surface area contributed by atoms with Crippen molar-refractivity contribution in [2.24, 2.45) is 0 Å². The molecule has 318 valence electrons. The molecule has 0 N–H and O–H groups in total. The third-order valence-corrected chi connectivity index (χ3v) is 9.18. The van der Waals surface area contributed by atoms with Crippen molar-refractivity contribution < 1.29 is 71.4 Å². The topological polar surface area (TPSA) is 185 Å². The molecule has 0 bridgehead atoms. The molecule has 15 heteroatoms. The van der Waals surface area contributed by atoms with E-state index in [4.69, 9.17) is 42.6 Å². The monoisotopic (exact) mass is 844 g/mol. The number of allylic oxidation sites excluding steroid dienone is 1. The number of fused-ring (bicyclic) bond motifs is 1. The van der Waals surface area contributed by atoms with Gasteiger partial charge in [0.15, 0.2) is 18.0 Å². The normalized spacial score (nSPS) is 17.7. The first-order valence-electron chi connectivity index (χ1n) is 19.1. The molecular weight excluding hydrogens is 805 g/mol. The molecule has 0 aromatic heterocycles. The fourth-order valence-corrected chi connectivity index (χ4v) is 6.00. The van der Waals surface area contributed by atoms with Gasteiger partial charge in [-0.25, -0.2) is 24.0 Å². The Balaban J connectivity index is 0.905. The first-order chi connectivity index (χ1) is 30.1. The van der Waals surface area contributed by atoms with Crippen molar-refractivity contribution in [1.29, 1.82) is 0 Å². The van der Waals surface area contributed by atoms with Crippen molar-refractivity contribution in [2.75, 3.05) is 26.8 Å². The molecule has 4 aromatic carbocycles. The molecule has 15 nitrogen and oxygen atoms in total. The Labute approximate surface area is 355 Å². The van der Waals surface area contributed by atoms with Gasteiger partial charge in [-0.1, -0.05) is 55.6 Å². The average molecular weight is 845 g/mol. The van der Waals surface area contributed by atoms with Crippen LogP contribution < -0.4 is 14.2 Å². The minimum absolute atomic E-state index is 0.0491. The molecular formula is C47H40O15. The summed E-state index contributed by atoms with van der Waals surface area (Å²) in [5, 5.41) is 0. The molecule has 2 aliphatic rings. The third-order valence-electron chi connectivity index (χ3n) is 9.18. The van der Waals surface area contributed by atoms with E-state index < -0.39 is 54.3 Å². The Bertz CT molecular complexity index is 2150. The van der Waals surface area contributed by atoms with Gasteiger partial charge in [0.05, 0.1) is 24.3 Å². The van der Waals surface area contributed by atoms with Gasteiger partial charge in [0.2, 0.25) is 13.6 Å². The van der Waals surface area contributed by atoms with Gasteiger partial charge in [-0.05, 0) is 89.5 Å². The highest BCUT2D eigenvalue weighted by Gasteiger charge is 2.51. The second-order valence-electron chi connectivity index (χ2n) is 13.4. The van der Waals surface area contributed by atoms with Crippen LogP contribution in [0.3, 0.4) is 0 Å². The van der Waals surface area contributed by atoms with Crippen LogP contribution in [0.25, 0.3) is 12.2 Å². The van der Waals surface area contributed by atoms with E-state index in [2.05, 4.69) is 13.2 Å². The quantitative estimate of drug-likeness (QED) is 0.0362. The smallest absolute Gasteiger partial charge is 0.338 e. The van der Waals surface area contributed by atoms with Gasteiger partial charge in [-0.15, -0.1) is 0 Å². The highest BCUT2D eigenvalue weighted by Crippen LogP contribution is 2.32. The van der Waals surface area contributed by atoms with E-state index in [0.29, 0.717) is 28.2 Å². The van der Waals surface area contributed by atoms with Crippen LogP contribution in [0.2, 0.25) is 0 Å². The van der Waals surface area contributed by atoms with Crippen LogP contribution >= 0.6 is 0 Å². The van der Waals surface area contributed by atoms with Crippen molar-refractivity contribution in [3.8, 4) is 17.2 Å². The Kier molecular flexibility index (Phi) is 15.3. The molecule has 0 spiro atoms. The Hall–Kier alpha value is -7.62. The summed E-state index contributed by atoms with van der Waals surface area (Å²) in [7, 11) is 0. The minimum Gasteiger partial charge on any atom is -0.457 e. The molecule has 0 unspecified atom stereocenters. The van der Waals surface area contributed by atoms with Crippen molar-refractivity contribution >= 4 is 47.8 Å². The van der Waals surface area contributed by atoms with Crippen LogP contribution in [0.4, 0.5) is 0 Å². The van der Waals surface area contributed by atoms with Gasteiger partial charge in [-0.3, -0.25) is 4.79 Å². The number of benzene rings is 4. The Morgan fingerprint density at radius 1 is 0.548 bits per heavy atom. The molecule has 0 radical (unpaired) electrons. The highest BCUT2D eigenvalue weighted by atomic mass is 16.7. The summed E-state index contributed by atoms with van der Waals surface area (Å²) in [6.45, 7) is 6.16. The zero-order valence-electron chi connectivity index (χ0n) is 33.1. The number of ketones is 1. The maximum Gasteiger partial charge on any atom is 0.338 e. The molecule has 0 amide bonds. The van der Waals surface area contributed by atoms with Crippen molar-refractivity contribution in [3.63, 3.8) is 0 Å². The van der Waals surface area contributed by atoms with Gasteiger partial charge < -0.3 is 42.6 Å². The van der Waals surface area contributed by atoms with Crippen LogP contribution in [-0.4, -0.2) is 86.8 Å². The standard InChI is InChI=1S/C47H40O15/c1-3-41(49)58-28-56-36-18-10-32(11-19-36)25-35(48)17-9-30-5-13-33(14-6-30)46(52)61-39-26-54-45-40(27-55-44(39)45)62-47(53)34-15-7-31(8-16-34)12-24-43(51)60-38-22-20-37(21-23-38)57-29-59-42(50)4-2/h3-24,39-40,44-45H,1-2,25-29H2/b17-9+,24-12+/t39-,40+,44-,45-/m1/s1. The second-order valence-corrected chi connectivity index (χ2v) is 13.4. The van der Waals surface area contributed by atoms with E-state index in [0.717, 1.165) is 17.7 Å². The zero-order valence-corrected chi connectivity index (χ0v) is 33.1. The fraction of sp³-hybridized carbons (Fsp3) is 0.191. The van der Waals surface area contributed by atoms with Crippen LogP contribution in [0, 0.1) is 0 Å². The summed E-state index contributed by atoms with van der Waals surface area (Å²) in [6.07, 6.45) is 5.35. The average Bonchev–Trinajstić information content (AvgIpc) is 3.88. The van der Waals surface area contributed by atoms with Crippen molar-refractivity contribution in [2.45, 2.75) is 30.8 Å². The van der Waals surface area contributed by atoms with Crippen LogP contribution in [0.5, 0.6) is 17.2 Å². The van der Waals surface area contributed by atoms with E-state index in [-0.39, 0.29) is 50.3 Å². The molecule has 0 saturated carbocycles. The lowest BCUT2D eigenvalue weighted by atomic mass is 10.1. The largest absolute Gasteiger partial charge is 0.457 e. The summed E-state index contributed by atoms with van der Waals surface area (Å²) < 4.78 is 48.5. The highest BCUT2D eigenvalue weighted by molar-refractivity contribution is 5.95. The number of esters is 5. The molecule has 2 heterocycles. The minimum atomic E-state index is -0.733. The molecule has 4 atom stereocenters. The number of carbonyl (C=O) groups excluding carboxylic acids is 6. The summed E-state index contributed by atoms with van der Waals surface area (Å²) in [6, 6.07) is 25.9. The van der Waals surface area contributed by atoms with E-state index in [1.54, 1.807) is 91.0 Å². The Morgan fingerprint density at radius 2 is 0.984 bits per heavy atom. The van der Waals surface area contributed by atoms with Crippen molar-refractivity contribution in [1.82, 2.24) is 0 Å². The number of hydrogen-bond acceptors (Lipinski definition) is 15. The van der Waals surface area contributed by atoms with Gasteiger partial charge in [0, 0.05) is 24.6 Å². The summed E-state index contributed by atoms with van der Waals surface area (Å²) in [5.74, 6) is -2.02. The van der Waals surface area contributed by atoms with Gasteiger partial charge in [0.1, 0.15) is 29.5 Å².